The molecule has 9 heteroatoms. The molecule has 0 aliphatic heterocycles. The van der Waals surface area contributed by atoms with Crippen LogP contribution in [0.15, 0.2) is 58.4 Å². The van der Waals surface area contributed by atoms with Gasteiger partial charge in [-0.2, -0.15) is 0 Å². The van der Waals surface area contributed by atoms with Crippen molar-refractivity contribution in [2.24, 2.45) is 0 Å². The molecule has 1 aromatic carbocycles. The number of anilines is 2. The molecule has 0 unspecified atom stereocenters. The molecule has 4 rings (SSSR count). The molecule has 0 saturated heterocycles. The standard InChI is InChI=1S/C19H17N5OS3/c1-13(25)24(15-6-3-2-4-7-15)19-20-14(12-28-19)11-27-18-21-17(22-23-18)10-16-8-5-9-26-16/h2-9,12H,10-11H2,1H3,(H,21,22,23). The van der Waals surface area contributed by atoms with Gasteiger partial charge in [-0.1, -0.05) is 36.0 Å². The van der Waals surface area contributed by atoms with E-state index in [1.807, 2.05) is 41.8 Å². The number of carbonyl (C=O) groups excluding carboxylic acids is 1. The highest BCUT2D eigenvalue weighted by molar-refractivity contribution is 7.98. The number of nitrogens with one attached hydrogen (secondary N) is 1. The van der Waals surface area contributed by atoms with Crippen LogP contribution in [0.3, 0.4) is 0 Å². The van der Waals surface area contributed by atoms with E-state index in [1.165, 1.54) is 28.0 Å². The summed E-state index contributed by atoms with van der Waals surface area (Å²) in [7, 11) is 0. The van der Waals surface area contributed by atoms with E-state index < -0.39 is 0 Å². The Morgan fingerprint density at radius 2 is 2.00 bits per heavy atom. The Morgan fingerprint density at radius 1 is 1.14 bits per heavy atom. The van der Waals surface area contributed by atoms with Gasteiger partial charge in [-0.3, -0.25) is 14.8 Å². The van der Waals surface area contributed by atoms with Gasteiger partial charge in [0.15, 0.2) is 5.13 Å². The summed E-state index contributed by atoms with van der Waals surface area (Å²) in [5, 5.41) is 12.7. The lowest BCUT2D eigenvalue weighted by Crippen LogP contribution is -2.22. The van der Waals surface area contributed by atoms with E-state index in [2.05, 4.69) is 31.6 Å². The predicted octanol–water partition coefficient (Wildman–Crippen LogP) is 4.89. The van der Waals surface area contributed by atoms with Gasteiger partial charge in [0.05, 0.1) is 11.4 Å². The summed E-state index contributed by atoms with van der Waals surface area (Å²) in [6.45, 7) is 1.55. The molecule has 4 aromatic rings. The fourth-order valence-electron chi connectivity index (χ4n) is 2.61. The zero-order valence-electron chi connectivity index (χ0n) is 15.0. The molecule has 0 atom stereocenters. The van der Waals surface area contributed by atoms with E-state index in [1.54, 1.807) is 23.2 Å². The quantitative estimate of drug-likeness (QED) is 0.425. The SMILES string of the molecule is CC(=O)N(c1ccccc1)c1nc(CSc2n[nH]c(Cc3cccs3)n2)cs1. The lowest BCUT2D eigenvalue weighted by molar-refractivity contribution is -0.115. The molecule has 0 spiro atoms. The average molecular weight is 428 g/mol. The van der Waals surface area contributed by atoms with Crippen molar-refractivity contribution >= 4 is 51.2 Å². The van der Waals surface area contributed by atoms with Crippen molar-refractivity contribution < 1.29 is 4.79 Å². The van der Waals surface area contributed by atoms with Crippen molar-refractivity contribution in [3.8, 4) is 0 Å². The van der Waals surface area contributed by atoms with Crippen LogP contribution in [0.4, 0.5) is 10.8 Å². The van der Waals surface area contributed by atoms with Gasteiger partial charge in [0.1, 0.15) is 5.82 Å². The van der Waals surface area contributed by atoms with Crippen LogP contribution in [0.25, 0.3) is 0 Å². The first kappa shape index (κ1) is 18.9. The molecule has 6 nitrogen and oxygen atoms in total. The average Bonchev–Trinajstić information content (AvgIpc) is 3.44. The number of thioether (sulfide) groups is 1. The number of hydrogen-bond acceptors (Lipinski definition) is 7. The van der Waals surface area contributed by atoms with Crippen molar-refractivity contribution in [3.63, 3.8) is 0 Å². The minimum Gasteiger partial charge on any atom is -0.274 e. The molecule has 1 N–H and O–H groups in total. The van der Waals surface area contributed by atoms with Gasteiger partial charge in [0.2, 0.25) is 11.1 Å². The summed E-state index contributed by atoms with van der Waals surface area (Å²) in [5.74, 6) is 1.44. The number of thiophene rings is 1. The van der Waals surface area contributed by atoms with Gasteiger partial charge in [-0.25, -0.2) is 9.97 Å². The minimum atomic E-state index is -0.0630. The zero-order valence-corrected chi connectivity index (χ0v) is 17.5. The topological polar surface area (TPSA) is 74.8 Å². The number of thiazole rings is 1. The van der Waals surface area contributed by atoms with Crippen molar-refractivity contribution in [1.29, 1.82) is 0 Å². The Hall–Kier alpha value is -2.49. The van der Waals surface area contributed by atoms with Crippen molar-refractivity contribution in [2.45, 2.75) is 24.3 Å². The lowest BCUT2D eigenvalue weighted by atomic mass is 10.3. The summed E-state index contributed by atoms with van der Waals surface area (Å²) in [5.41, 5.74) is 1.72. The van der Waals surface area contributed by atoms with E-state index in [0.29, 0.717) is 16.0 Å². The normalized spacial score (nSPS) is 10.9. The van der Waals surface area contributed by atoms with Crippen LogP contribution in [0, 0.1) is 0 Å². The second kappa shape index (κ2) is 8.68. The molecule has 0 fully saturated rings. The smallest absolute Gasteiger partial charge is 0.230 e. The van der Waals surface area contributed by atoms with Crippen molar-refractivity contribution in [1.82, 2.24) is 20.2 Å². The minimum absolute atomic E-state index is 0.0630. The summed E-state index contributed by atoms with van der Waals surface area (Å²) < 4.78 is 0. The lowest BCUT2D eigenvalue weighted by Gasteiger charge is -2.17. The molecular formula is C19H17N5OS3. The number of aromatic amines is 1. The van der Waals surface area contributed by atoms with Crippen molar-refractivity contribution in [3.05, 3.63) is 69.6 Å². The highest BCUT2D eigenvalue weighted by Crippen LogP contribution is 2.30. The van der Waals surface area contributed by atoms with Crippen LogP contribution in [-0.2, 0) is 17.0 Å². The van der Waals surface area contributed by atoms with Crippen LogP contribution in [-0.4, -0.2) is 26.1 Å². The third-order valence-electron chi connectivity index (χ3n) is 3.84. The summed E-state index contributed by atoms with van der Waals surface area (Å²) in [6, 6.07) is 13.7. The fraction of sp³-hybridized carbons (Fsp3) is 0.158. The molecule has 0 bridgehead atoms. The maximum Gasteiger partial charge on any atom is 0.230 e. The Morgan fingerprint density at radius 3 is 2.75 bits per heavy atom. The van der Waals surface area contributed by atoms with E-state index >= 15 is 0 Å². The number of nitrogens with zero attached hydrogens (tertiary/aromatic N) is 4. The third kappa shape index (κ3) is 4.49. The van der Waals surface area contributed by atoms with E-state index in [9.17, 15) is 4.79 Å². The Bertz CT molecular complexity index is 1040. The molecule has 0 aliphatic carbocycles. The van der Waals surface area contributed by atoms with Gasteiger partial charge in [0.25, 0.3) is 0 Å². The number of benzene rings is 1. The monoisotopic (exact) mass is 427 g/mol. The van der Waals surface area contributed by atoms with E-state index in [0.717, 1.165) is 23.6 Å². The van der Waals surface area contributed by atoms with E-state index in [4.69, 9.17) is 0 Å². The summed E-state index contributed by atoms with van der Waals surface area (Å²) in [6.07, 6.45) is 0.761. The number of amides is 1. The maximum atomic E-state index is 12.1. The number of rotatable bonds is 7. The first-order valence-electron chi connectivity index (χ1n) is 8.55. The highest BCUT2D eigenvalue weighted by Gasteiger charge is 2.18. The number of hydrogen-bond donors (Lipinski definition) is 1. The van der Waals surface area contributed by atoms with Gasteiger partial charge in [-0.15, -0.1) is 27.8 Å². The van der Waals surface area contributed by atoms with Crippen LogP contribution >= 0.6 is 34.4 Å². The van der Waals surface area contributed by atoms with Gasteiger partial charge in [0, 0.05) is 29.4 Å². The molecule has 0 saturated carbocycles. The third-order valence-corrected chi connectivity index (χ3v) is 6.47. The Kier molecular flexibility index (Phi) is 5.84. The first-order valence-corrected chi connectivity index (χ1v) is 11.3. The predicted molar refractivity (Wildman–Crippen MR) is 114 cm³/mol. The molecule has 3 aromatic heterocycles. The van der Waals surface area contributed by atoms with Crippen LogP contribution in [0.2, 0.25) is 0 Å². The second-order valence-corrected chi connectivity index (χ2v) is 8.73. The van der Waals surface area contributed by atoms with Crippen LogP contribution in [0.5, 0.6) is 0 Å². The van der Waals surface area contributed by atoms with E-state index in [-0.39, 0.29) is 5.91 Å². The van der Waals surface area contributed by atoms with Crippen LogP contribution < -0.4 is 4.90 Å². The number of H-pyrrole nitrogens is 1. The fourth-order valence-corrected chi connectivity index (χ4v) is 5.02. The first-order chi connectivity index (χ1) is 13.7. The molecule has 3 heterocycles. The summed E-state index contributed by atoms with van der Waals surface area (Å²) in [4.78, 5) is 24.2. The van der Waals surface area contributed by atoms with Gasteiger partial charge < -0.3 is 0 Å². The Balaban J connectivity index is 1.41. The molecule has 1 amide bonds. The highest BCUT2D eigenvalue weighted by atomic mass is 32.2. The largest absolute Gasteiger partial charge is 0.274 e. The summed E-state index contributed by atoms with van der Waals surface area (Å²) >= 11 is 4.69. The van der Waals surface area contributed by atoms with Crippen LogP contribution in [0.1, 0.15) is 23.3 Å². The molecule has 142 valence electrons. The number of carbonyl (C=O) groups is 1. The van der Waals surface area contributed by atoms with Crippen molar-refractivity contribution in [2.75, 3.05) is 4.90 Å². The maximum absolute atomic E-state index is 12.1. The number of para-hydroxylation sites is 1. The molecule has 28 heavy (non-hydrogen) atoms. The Labute approximate surface area is 174 Å². The molecular weight excluding hydrogens is 410 g/mol. The second-order valence-electron chi connectivity index (χ2n) is 5.92. The van der Waals surface area contributed by atoms with Gasteiger partial charge >= 0.3 is 0 Å². The molecule has 0 aliphatic rings. The van der Waals surface area contributed by atoms with Gasteiger partial charge in [-0.05, 0) is 23.6 Å². The zero-order chi connectivity index (χ0) is 19.3. The molecule has 0 radical (unpaired) electrons. The number of aromatic nitrogens is 4.